The van der Waals surface area contributed by atoms with Crippen LogP contribution < -0.4 is 10.2 Å². The summed E-state index contributed by atoms with van der Waals surface area (Å²) in [6.45, 7) is 0.682. The Labute approximate surface area is 146 Å². The number of carbonyl (C=O) groups is 2. The molecule has 8 heteroatoms. The van der Waals surface area contributed by atoms with Gasteiger partial charge in [0.2, 0.25) is 11.8 Å². The fourth-order valence-corrected chi connectivity index (χ4v) is 5.30. The third-order valence-electron chi connectivity index (χ3n) is 6.42. The normalized spacial score (nSPS) is 37.4. The molecule has 3 aliphatic heterocycles. The number of carbonyl (C=O) groups excluding carboxylic acids is 2. The van der Waals surface area contributed by atoms with Gasteiger partial charge in [0.25, 0.3) is 0 Å². The van der Waals surface area contributed by atoms with E-state index in [-0.39, 0.29) is 17.6 Å². The van der Waals surface area contributed by atoms with Gasteiger partial charge in [0, 0.05) is 6.04 Å². The Morgan fingerprint density at radius 3 is 2.54 bits per heavy atom. The maximum atomic E-state index is 13.2. The maximum Gasteiger partial charge on any atom is 0.417 e. The van der Waals surface area contributed by atoms with Gasteiger partial charge in [-0.25, -0.2) is 4.90 Å². The Morgan fingerprint density at radius 2 is 1.85 bits per heavy atom. The topological polar surface area (TPSA) is 73.2 Å². The van der Waals surface area contributed by atoms with Crippen LogP contribution in [-0.2, 0) is 15.8 Å². The molecule has 5 fully saturated rings. The minimum atomic E-state index is -4.73. The number of fused-ring (bicyclic) bond motifs is 1. The number of rotatable bonds is 1. The number of piperidine rings is 2. The third kappa shape index (κ3) is 1.89. The van der Waals surface area contributed by atoms with Crippen LogP contribution in [0.4, 0.5) is 18.9 Å². The van der Waals surface area contributed by atoms with Crippen LogP contribution in [0.15, 0.2) is 18.2 Å². The number of alkyl halides is 3. The molecule has 5 nitrogen and oxygen atoms in total. The predicted molar refractivity (Wildman–Crippen MR) is 82.5 cm³/mol. The molecule has 3 heterocycles. The Hall–Kier alpha value is -2.40. The van der Waals surface area contributed by atoms with Gasteiger partial charge in [0.05, 0.1) is 34.7 Å². The molecule has 6 atom stereocenters. The maximum absolute atomic E-state index is 13.2. The minimum Gasteiger partial charge on any atom is -0.313 e. The van der Waals surface area contributed by atoms with Gasteiger partial charge in [-0.05, 0) is 48.9 Å². The van der Waals surface area contributed by atoms with E-state index in [4.69, 9.17) is 5.26 Å². The van der Waals surface area contributed by atoms with Gasteiger partial charge in [-0.15, -0.1) is 0 Å². The molecular formula is C18H14F3N3O2. The molecule has 1 unspecified atom stereocenters. The van der Waals surface area contributed by atoms with Gasteiger partial charge in [-0.3, -0.25) is 9.59 Å². The van der Waals surface area contributed by atoms with Gasteiger partial charge in [-0.1, -0.05) is 0 Å². The lowest BCUT2D eigenvalue weighted by atomic mass is 9.67. The van der Waals surface area contributed by atoms with Gasteiger partial charge < -0.3 is 5.32 Å². The zero-order valence-corrected chi connectivity index (χ0v) is 13.5. The van der Waals surface area contributed by atoms with E-state index in [9.17, 15) is 22.8 Å². The summed E-state index contributed by atoms with van der Waals surface area (Å²) in [5.74, 6) is -0.830. The molecule has 0 aromatic heterocycles. The number of amides is 2. The zero-order valence-electron chi connectivity index (χ0n) is 13.5. The standard InChI is InChI=1S/C18H14F3N3O2/c19-18(20,21)12-3-8(2-1-7(12)5-22)24-16(25)13-11-6-23-15(10-4-9(10)11)14(13)17(24)26/h1-3,9-11,13-15,23H,4,6H2/t9-,10+,11?,13+,14+,15-/m1/s1. The first kappa shape index (κ1) is 15.8. The smallest absolute Gasteiger partial charge is 0.313 e. The summed E-state index contributed by atoms with van der Waals surface area (Å²) in [5.41, 5.74) is -1.76. The summed E-state index contributed by atoms with van der Waals surface area (Å²) in [5, 5.41) is 12.3. The Bertz CT molecular complexity index is 857. The van der Waals surface area contributed by atoms with Crippen LogP contribution in [-0.4, -0.2) is 24.4 Å². The number of hydrogen-bond acceptors (Lipinski definition) is 4. The molecule has 134 valence electrons. The summed E-state index contributed by atoms with van der Waals surface area (Å²) in [6.07, 6.45) is -3.72. The Morgan fingerprint density at radius 1 is 1.12 bits per heavy atom. The quantitative estimate of drug-likeness (QED) is 0.776. The molecule has 6 rings (SSSR count). The lowest BCUT2D eigenvalue weighted by molar-refractivity contribution is -0.138. The third-order valence-corrected chi connectivity index (χ3v) is 6.42. The van der Waals surface area contributed by atoms with Crippen molar-refractivity contribution in [3.63, 3.8) is 0 Å². The van der Waals surface area contributed by atoms with Crippen molar-refractivity contribution in [3.05, 3.63) is 29.3 Å². The van der Waals surface area contributed by atoms with Crippen molar-refractivity contribution in [1.29, 1.82) is 5.26 Å². The van der Waals surface area contributed by atoms with Crippen molar-refractivity contribution in [3.8, 4) is 6.07 Å². The number of nitriles is 1. The van der Waals surface area contributed by atoms with Crippen molar-refractivity contribution >= 4 is 17.5 Å². The molecule has 2 aliphatic carbocycles. The molecule has 1 aromatic carbocycles. The zero-order chi connectivity index (χ0) is 18.4. The SMILES string of the molecule is N#Cc1ccc(N2C(=O)[C@@H]3[C@@H]4NCC([C@@H]5C[C@H]45)[C@@H]3C2=O)cc1C(F)(F)F. The molecule has 3 saturated heterocycles. The van der Waals surface area contributed by atoms with Crippen molar-refractivity contribution < 1.29 is 22.8 Å². The van der Waals surface area contributed by atoms with E-state index in [0.717, 1.165) is 23.5 Å². The minimum absolute atomic E-state index is 0.0584. The Balaban J connectivity index is 1.57. The van der Waals surface area contributed by atoms with Crippen LogP contribution >= 0.6 is 0 Å². The highest BCUT2D eigenvalue weighted by Crippen LogP contribution is 2.61. The number of hydrogen-bond donors (Lipinski definition) is 1. The molecule has 2 bridgehead atoms. The summed E-state index contributed by atoms with van der Waals surface area (Å²) < 4.78 is 39.7. The average molecular weight is 361 g/mol. The second-order valence-corrected chi connectivity index (χ2v) is 7.56. The summed E-state index contributed by atoms with van der Waals surface area (Å²) in [6, 6.07) is 4.45. The first-order chi connectivity index (χ1) is 12.3. The van der Waals surface area contributed by atoms with E-state index in [2.05, 4.69) is 5.32 Å². The summed E-state index contributed by atoms with van der Waals surface area (Å²) >= 11 is 0. The number of benzene rings is 1. The van der Waals surface area contributed by atoms with Gasteiger partial charge in [-0.2, -0.15) is 18.4 Å². The highest BCUT2D eigenvalue weighted by atomic mass is 19.4. The van der Waals surface area contributed by atoms with Crippen LogP contribution in [0.2, 0.25) is 0 Å². The second-order valence-electron chi connectivity index (χ2n) is 7.56. The van der Waals surface area contributed by atoms with E-state index >= 15 is 0 Å². The van der Waals surface area contributed by atoms with E-state index < -0.39 is 41.0 Å². The lowest BCUT2D eigenvalue weighted by Crippen LogP contribution is -2.58. The van der Waals surface area contributed by atoms with Crippen LogP contribution in [0.1, 0.15) is 17.5 Å². The highest BCUT2D eigenvalue weighted by Gasteiger charge is 2.68. The molecule has 0 radical (unpaired) electrons. The van der Waals surface area contributed by atoms with Crippen LogP contribution in [0.25, 0.3) is 0 Å². The number of nitrogens with one attached hydrogen (secondary N) is 1. The van der Waals surface area contributed by atoms with Crippen molar-refractivity contribution in [1.82, 2.24) is 5.32 Å². The van der Waals surface area contributed by atoms with Crippen LogP contribution in [0.5, 0.6) is 0 Å². The van der Waals surface area contributed by atoms with E-state index in [1.165, 1.54) is 12.1 Å². The predicted octanol–water partition coefficient (Wildman–Crippen LogP) is 1.92. The largest absolute Gasteiger partial charge is 0.417 e. The fraction of sp³-hybridized carbons (Fsp3) is 0.500. The fourth-order valence-electron chi connectivity index (χ4n) is 5.30. The van der Waals surface area contributed by atoms with E-state index in [1.54, 1.807) is 0 Å². The van der Waals surface area contributed by atoms with Crippen molar-refractivity contribution in [2.75, 3.05) is 11.4 Å². The summed E-state index contributed by atoms with van der Waals surface area (Å²) in [7, 11) is 0. The molecule has 2 amide bonds. The summed E-state index contributed by atoms with van der Waals surface area (Å²) in [4.78, 5) is 26.8. The van der Waals surface area contributed by atoms with Crippen molar-refractivity contribution in [2.24, 2.45) is 29.6 Å². The molecule has 0 spiro atoms. The van der Waals surface area contributed by atoms with Gasteiger partial charge in [0.15, 0.2) is 0 Å². The number of imide groups is 1. The highest BCUT2D eigenvalue weighted by molar-refractivity contribution is 6.22. The number of halogens is 3. The van der Waals surface area contributed by atoms with Crippen LogP contribution in [0.3, 0.4) is 0 Å². The second kappa shape index (κ2) is 4.86. The average Bonchev–Trinajstić information content (AvgIpc) is 3.38. The lowest BCUT2D eigenvalue weighted by Gasteiger charge is -2.43. The van der Waals surface area contributed by atoms with Crippen molar-refractivity contribution in [2.45, 2.75) is 18.6 Å². The van der Waals surface area contributed by atoms with Gasteiger partial charge in [0.1, 0.15) is 0 Å². The number of anilines is 1. The molecule has 5 aliphatic rings. The molecule has 2 saturated carbocycles. The monoisotopic (exact) mass is 361 g/mol. The Kier molecular flexibility index (Phi) is 2.96. The molecule has 26 heavy (non-hydrogen) atoms. The van der Waals surface area contributed by atoms with Crippen LogP contribution in [0, 0.1) is 40.9 Å². The molecule has 1 aromatic rings. The first-order valence-electron chi connectivity index (χ1n) is 8.55. The molecule has 1 N–H and O–H groups in total. The van der Waals surface area contributed by atoms with E-state index in [1.807, 2.05) is 0 Å². The first-order valence-corrected chi connectivity index (χ1v) is 8.55. The van der Waals surface area contributed by atoms with Gasteiger partial charge >= 0.3 is 6.18 Å². The van der Waals surface area contributed by atoms with E-state index in [0.29, 0.717) is 18.4 Å². The number of nitrogens with zero attached hydrogens (tertiary/aromatic N) is 2. The molecular weight excluding hydrogens is 347 g/mol.